The van der Waals surface area contributed by atoms with Crippen molar-refractivity contribution in [3.05, 3.63) is 74.2 Å². The van der Waals surface area contributed by atoms with E-state index in [1.807, 2.05) is 38.1 Å². The summed E-state index contributed by atoms with van der Waals surface area (Å²) in [7, 11) is 0. The van der Waals surface area contributed by atoms with Gasteiger partial charge < -0.3 is 5.32 Å². The highest BCUT2D eigenvalue weighted by molar-refractivity contribution is 8.18. The second kappa shape index (κ2) is 7.53. The average Bonchev–Trinajstić information content (AvgIpc) is 2.94. The maximum Gasteiger partial charge on any atom is 0.273 e. The zero-order valence-corrected chi connectivity index (χ0v) is 15.2. The summed E-state index contributed by atoms with van der Waals surface area (Å²) in [6.07, 6.45) is 2.22. The predicted octanol–water partition coefficient (Wildman–Crippen LogP) is 4.36. The molecule has 0 aliphatic carbocycles. The summed E-state index contributed by atoms with van der Waals surface area (Å²) in [4.78, 5) is 27.9. The van der Waals surface area contributed by atoms with Crippen LogP contribution in [0.3, 0.4) is 0 Å². The van der Waals surface area contributed by atoms with Crippen LogP contribution in [-0.2, 0) is 11.2 Å². The molecule has 132 valence electrons. The zero-order chi connectivity index (χ0) is 18.7. The molecule has 2 aromatic carbocycles. The Morgan fingerprint density at radius 3 is 2.77 bits per heavy atom. The Bertz CT molecular complexity index is 951. The lowest BCUT2D eigenvalue weighted by atomic mass is 10.1. The van der Waals surface area contributed by atoms with Gasteiger partial charge in [0.1, 0.15) is 0 Å². The molecule has 1 heterocycles. The van der Waals surface area contributed by atoms with Gasteiger partial charge in [0.2, 0.25) is 0 Å². The second-order valence-corrected chi connectivity index (χ2v) is 6.85. The number of carbonyl (C=O) groups excluding carboxylic acids is 1. The summed E-state index contributed by atoms with van der Waals surface area (Å²) in [6.45, 7) is 3.84. The molecule has 26 heavy (non-hydrogen) atoms. The molecule has 2 aromatic rings. The van der Waals surface area contributed by atoms with E-state index < -0.39 is 4.92 Å². The number of hydrogen-bond donors (Lipinski definition) is 1. The van der Waals surface area contributed by atoms with Gasteiger partial charge in [0.25, 0.3) is 11.6 Å². The molecule has 6 nitrogen and oxygen atoms in total. The molecular weight excluding hydrogens is 350 g/mol. The van der Waals surface area contributed by atoms with Gasteiger partial charge in [-0.2, -0.15) is 0 Å². The Labute approximate surface area is 155 Å². The molecule has 1 amide bonds. The van der Waals surface area contributed by atoms with E-state index in [2.05, 4.69) is 10.3 Å². The van der Waals surface area contributed by atoms with Gasteiger partial charge >= 0.3 is 0 Å². The number of carbonyl (C=O) groups is 1. The quantitative estimate of drug-likeness (QED) is 0.494. The summed E-state index contributed by atoms with van der Waals surface area (Å²) in [5.74, 6) is -0.261. The SMILES string of the molecule is CCc1ccc(/C=C2/SC(=Nc3cccc(C)c3)NC2=O)cc1[N+](=O)[O-]. The maximum absolute atomic E-state index is 12.2. The molecular formula is C19H17N3O3S. The number of benzene rings is 2. The number of thioether (sulfide) groups is 1. The van der Waals surface area contributed by atoms with E-state index in [1.165, 1.54) is 17.8 Å². The number of amides is 1. The van der Waals surface area contributed by atoms with Gasteiger partial charge in [-0.15, -0.1) is 0 Å². The largest absolute Gasteiger partial charge is 0.300 e. The van der Waals surface area contributed by atoms with E-state index in [-0.39, 0.29) is 11.6 Å². The molecule has 0 bridgehead atoms. The van der Waals surface area contributed by atoms with Crippen molar-refractivity contribution in [2.45, 2.75) is 20.3 Å². The van der Waals surface area contributed by atoms with Crippen molar-refractivity contribution in [3.63, 3.8) is 0 Å². The van der Waals surface area contributed by atoms with Crippen LogP contribution in [-0.4, -0.2) is 16.0 Å². The van der Waals surface area contributed by atoms with Crippen molar-refractivity contribution < 1.29 is 9.72 Å². The molecule has 3 rings (SSSR count). The highest BCUT2D eigenvalue weighted by Crippen LogP contribution is 2.29. The number of amidine groups is 1. The molecule has 0 aromatic heterocycles. The third-order valence-electron chi connectivity index (χ3n) is 3.87. The van der Waals surface area contributed by atoms with Gasteiger partial charge in [-0.1, -0.05) is 31.2 Å². The van der Waals surface area contributed by atoms with Crippen molar-refractivity contribution in [2.24, 2.45) is 4.99 Å². The third-order valence-corrected chi connectivity index (χ3v) is 4.78. The van der Waals surface area contributed by atoms with Crippen LogP contribution in [0.15, 0.2) is 52.4 Å². The van der Waals surface area contributed by atoms with Crippen LogP contribution in [0, 0.1) is 17.0 Å². The molecule has 1 N–H and O–H groups in total. The Morgan fingerprint density at radius 1 is 1.27 bits per heavy atom. The van der Waals surface area contributed by atoms with Gasteiger partial charge in [0, 0.05) is 11.6 Å². The van der Waals surface area contributed by atoms with Crippen LogP contribution < -0.4 is 5.32 Å². The molecule has 0 radical (unpaired) electrons. The minimum Gasteiger partial charge on any atom is -0.300 e. The van der Waals surface area contributed by atoms with Gasteiger partial charge in [-0.25, -0.2) is 4.99 Å². The first-order valence-corrected chi connectivity index (χ1v) is 8.91. The van der Waals surface area contributed by atoms with E-state index in [0.717, 1.165) is 11.3 Å². The first kappa shape index (κ1) is 17.9. The number of aliphatic imine (C=N–C) groups is 1. The van der Waals surface area contributed by atoms with Crippen molar-refractivity contribution in [1.82, 2.24) is 5.32 Å². The van der Waals surface area contributed by atoms with Gasteiger partial charge in [0.05, 0.1) is 15.5 Å². The Kier molecular flexibility index (Phi) is 5.18. The lowest BCUT2D eigenvalue weighted by Gasteiger charge is -2.01. The summed E-state index contributed by atoms with van der Waals surface area (Å²) in [5.41, 5.74) is 3.20. The molecule has 0 unspecified atom stereocenters. The monoisotopic (exact) mass is 367 g/mol. The molecule has 0 spiro atoms. The Hall–Kier alpha value is -2.93. The number of nitro benzene ring substituents is 1. The summed E-state index contributed by atoms with van der Waals surface area (Å²) in [6, 6.07) is 12.7. The smallest absolute Gasteiger partial charge is 0.273 e. The molecule has 1 aliphatic heterocycles. The second-order valence-electron chi connectivity index (χ2n) is 5.82. The van der Waals surface area contributed by atoms with Crippen molar-refractivity contribution in [3.8, 4) is 0 Å². The summed E-state index contributed by atoms with van der Waals surface area (Å²) >= 11 is 1.22. The van der Waals surface area contributed by atoms with Crippen molar-refractivity contribution in [2.75, 3.05) is 0 Å². The Morgan fingerprint density at radius 2 is 2.08 bits per heavy atom. The molecule has 0 saturated carbocycles. The van der Waals surface area contributed by atoms with E-state index in [0.29, 0.717) is 27.6 Å². The van der Waals surface area contributed by atoms with Gasteiger partial charge in [-0.05, 0) is 54.4 Å². The van der Waals surface area contributed by atoms with E-state index in [4.69, 9.17) is 0 Å². The number of hydrogen-bond acceptors (Lipinski definition) is 5. The fraction of sp³-hybridized carbons (Fsp3) is 0.158. The fourth-order valence-corrected chi connectivity index (χ4v) is 3.43. The molecule has 1 aliphatic rings. The highest BCUT2D eigenvalue weighted by Gasteiger charge is 2.24. The lowest BCUT2D eigenvalue weighted by molar-refractivity contribution is -0.385. The van der Waals surface area contributed by atoms with E-state index in [1.54, 1.807) is 18.2 Å². The topological polar surface area (TPSA) is 84.6 Å². The highest BCUT2D eigenvalue weighted by atomic mass is 32.2. The number of nitrogens with one attached hydrogen (secondary N) is 1. The lowest BCUT2D eigenvalue weighted by Crippen LogP contribution is -2.19. The predicted molar refractivity (Wildman–Crippen MR) is 104 cm³/mol. The van der Waals surface area contributed by atoms with Crippen LogP contribution in [0.5, 0.6) is 0 Å². The van der Waals surface area contributed by atoms with E-state index >= 15 is 0 Å². The molecule has 1 saturated heterocycles. The standard InChI is InChI=1S/C19H17N3O3S/c1-3-14-8-7-13(10-16(14)22(24)25)11-17-18(23)21-19(26-17)20-15-6-4-5-12(2)9-15/h4-11H,3H2,1-2H3,(H,20,21,23)/b17-11+. The van der Waals surface area contributed by atoms with Crippen molar-refractivity contribution in [1.29, 1.82) is 0 Å². The van der Waals surface area contributed by atoms with Crippen LogP contribution in [0.25, 0.3) is 6.08 Å². The molecule has 0 atom stereocenters. The van der Waals surface area contributed by atoms with Crippen molar-refractivity contribution >= 4 is 40.3 Å². The van der Waals surface area contributed by atoms with Gasteiger partial charge in [0.15, 0.2) is 5.17 Å². The van der Waals surface area contributed by atoms with Crippen LogP contribution in [0.4, 0.5) is 11.4 Å². The van der Waals surface area contributed by atoms with Crippen LogP contribution in [0.2, 0.25) is 0 Å². The van der Waals surface area contributed by atoms with Crippen LogP contribution in [0.1, 0.15) is 23.6 Å². The Balaban J connectivity index is 1.87. The third kappa shape index (κ3) is 4.00. The average molecular weight is 367 g/mol. The molecule has 7 heteroatoms. The normalized spacial score (nSPS) is 16.9. The first-order chi connectivity index (χ1) is 12.5. The number of aryl methyl sites for hydroxylation is 2. The minimum atomic E-state index is -0.396. The maximum atomic E-state index is 12.2. The summed E-state index contributed by atoms with van der Waals surface area (Å²) in [5, 5.41) is 14.4. The van der Waals surface area contributed by atoms with Gasteiger partial charge in [-0.3, -0.25) is 14.9 Å². The van der Waals surface area contributed by atoms with E-state index in [9.17, 15) is 14.9 Å². The fourth-order valence-electron chi connectivity index (χ4n) is 2.59. The number of rotatable bonds is 4. The zero-order valence-electron chi connectivity index (χ0n) is 14.4. The minimum absolute atomic E-state index is 0.0684. The van der Waals surface area contributed by atoms with Crippen LogP contribution >= 0.6 is 11.8 Å². The number of nitrogens with zero attached hydrogens (tertiary/aromatic N) is 2. The number of nitro groups is 1. The molecule has 1 fully saturated rings. The summed E-state index contributed by atoms with van der Waals surface area (Å²) < 4.78 is 0. The first-order valence-electron chi connectivity index (χ1n) is 8.10.